The molecule has 1 unspecified atom stereocenters. The summed E-state index contributed by atoms with van der Waals surface area (Å²) in [6.07, 6.45) is 2.97. The molecule has 2 rings (SSSR count). The number of β-amino-alcohol motifs (C(OH)–C–C–N with tert-alkyl or cyclic N) is 1. The van der Waals surface area contributed by atoms with Crippen LogP contribution < -0.4 is 5.73 Å². The summed E-state index contributed by atoms with van der Waals surface area (Å²) in [5.41, 5.74) is 4.59. The molecule has 1 aromatic heterocycles. The molecule has 3 N–H and O–H groups in total. The number of nitrogens with two attached hydrogens (primary N) is 1. The fourth-order valence-corrected chi connectivity index (χ4v) is 2.06. The van der Waals surface area contributed by atoms with Crippen molar-refractivity contribution >= 4 is 11.9 Å². The standard InChI is InChI=1S/C10H17N5O2/c1-10(17)3-2-4-14(6-10)8(16)5-15-7-12-9(11)13-15/h7,17H,2-6H2,1H3,(H2,11,13). The first kappa shape index (κ1) is 11.8. The summed E-state index contributed by atoms with van der Waals surface area (Å²) in [5.74, 6) is 0.0818. The van der Waals surface area contributed by atoms with Gasteiger partial charge >= 0.3 is 0 Å². The van der Waals surface area contributed by atoms with Gasteiger partial charge in [-0.25, -0.2) is 9.67 Å². The van der Waals surface area contributed by atoms with Gasteiger partial charge < -0.3 is 15.7 Å². The van der Waals surface area contributed by atoms with E-state index in [0.717, 1.165) is 12.8 Å². The van der Waals surface area contributed by atoms with E-state index in [0.29, 0.717) is 13.1 Å². The lowest BCUT2D eigenvalue weighted by Gasteiger charge is -2.36. The zero-order valence-electron chi connectivity index (χ0n) is 9.83. The number of likely N-dealkylation sites (tertiary alicyclic amines) is 1. The van der Waals surface area contributed by atoms with E-state index in [1.54, 1.807) is 11.8 Å². The first-order valence-corrected chi connectivity index (χ1v) is 5.61. The van der Waals surface area contributed by atoms with E-state index < -0.39 is 5.60 Å². The van der Waals surface area contributed by atoms with Gasteiger partial charge in [-0.3, -0.25) is 4.79 Å². The predicted octanol–water partition coefficient (Wildman–Crippen LogP) is -0.766. The van der Waals surface area contributed by atoms with E-state index in [-0.39, 0.29) is 18.4 Å². The molecule has 1 fully saturated rings. The van der Waals surface area contributed by atoms with Crippen LogP contribution in [0, 0.1) is 0 Å². The van der Waals surface area contributed by atoms with E-state index in [1.165, 1.54) is 11.0 Å². The molecule has 7 nitrogen and oxygen atoms in total. The number of piperidine rings is 1. The molecule has 0 aliphatic carbocycles. The highest BCUT2D eigenvalue weighted by atomic mass is 16.3. The Morgan fingerprint density at radius 3 is 3.06 bits per heavy atom. The Morgan fingerprint density at radius 1 is 1.71 bits per heavy atom. The molecule has 2 heterocycles. The normalized spacial score (nSPS) is 24.9. The maximum Gasteiger partial charge on any atom is 0.244 e. The van der Waals surface area contributed by atoms with Gasteiger partial charge in [0, 0.05) is 13.1 Å². The van der Waals surface area contributed by atoms with Gasteiger partial charge in [-0.05, 0) is 19.8 Å². The Balaban J connectivity index is 1.96. The Kier molecular flexibility index (Phi) is 3.01. The molecule has 0 spiro atoms. The minimum absolute atomic E-state index is 0.0742. The van der Waals surface area contributed by atoms with E-state index in [9.17, 15) is 9.90 Å². The van der Waals surface area contributed by atoms with Crippen molar-refractivity contribution in [1.29, 1.82) is 0 Å². The number of carbonyl (C=O) groups excluding carboxylic acids is 1. The summed E-state index contributed by atoms with van der Waals surface area (Å²) >= 11 is 0. The van der Waals surface area contributed by atoms with E-state index in [4.69, 9.17) is 5.73 Å². The van der Waals surface area contributed by atoms with Crippen LogP contribution in [-0.4, -0.2) is 49.4 Å². The van der Waals surface area contributed by atoms with Crippen LogP contribution in [0.3, 0.4) is 0 Å². The number of aromatic nitrogens is 3. The summed E-state index contributed by atoms with van der Waals surface area (Å²) in [5, 5.41) is 13.8. The van der Waals surface area contributed by atoms with Gasteiger partial charge in [0.25, 0.3) is 0 Å². The molecule has 1 saturated heterocycles. The van der Waals surface area contributed by atoms with Crippen LogP contribution in [0.4, 0.5) is 5.95 Å². The van der Waals surface area contributed by atoms with Crippen LogP contribution in [0.5, 0.6) is 0 Å². The molecule has 0 saturated carbocycles. The minimum atomic E-state index is -0.782. The van der Waals surface area contributed by atoms with Crippen LogP contribution >= 0.6 is 0 Å². The maximum absolute atomic E-state index is 11.9. The van der Waals surface area contributed by atoms with E-state index in [2.05, 4.69) is 10.1 Å². The second-order valence-electron chi connectivity index (χ2n) is 4.72. The molecule has 1 aliphatic rings. The van der Waals surface area contributed by atoms with Crippen molar-refractivity contribution in [2.75, 3.05) is 18.8 Å². The van der Waals surface area contributed by atoms with E-state index in [1.807, 2.05) is 0 Å². The van der Waals surface area contributed by atoms with Crippen molar-refractivity contribution in [2.24, 2.45) is 0 Å². The molecular formula is C10H17N5O2. The molecule has 1 aliphatic heterocycles. The minimum Gasteiger partial charge on any atom is -0.388 e. The van der Waals surface area contributed by atoms with Crippen molar-refractivity contribution in [1.82, 2.24) is 19.7 Å². The number of nitrogens with zero attached hydrogens (tertiary/aromatic N) is 4. The van der Waals surface area contributed by atoms with Crippen LogP contribution in [0.15, 0.2) is 6.33 Å². The van der Waals surface area contributed by atoms with Crippen LogP contribution in [-0.2, 0) is 11.3 Å². The van der Waals surface area contributed by atoms with Gasteiger partial charge in [-0.15, -0.1) is 5.10 Å². The zero-order valence-corrected chi connectivity index (χ0v) is 9.83. The second kappa shape index (κ2) is 4.33. The number of carbonyl (C=O) groups is 1. The first-order chi connectivity index (χ1) is 7.96. The molecular weight excluding hydrogens is 222 g/mol. The fourth-order valence-electron chi connectivity index (χ4n) is 2.06. The van der Waals surface area contributed by atoms with Gasteiger partial charge in [0.1, 0.15) is 12.9 Å². The molecule has 0 aromatic carbocycles. The number of nitrogen functional groups attached to an aromatic ring is 1. The lowest BCUT2D eigenvalue weighted by atomic mass is 9.95. The monoisotopic (exact) mass is 239 g/mol. The molecule has 0 bridgehead atoms. The Hall–Kier alpha value is -1.63. The van der Waals surface area contributed by atoms with Crippen molar-refractivity contribution in [3.63, 3.8) is 0 Å². The average Bonchev–Trinajstić information content (AvgIpc) is 2.62. The first-order valence-electron chi connectivity index (χ1n) is 5.61. The SMILES string of the molecule is CC1(O)CCCN(C(=O)Cn2cnc(N)n2)C1. The highest BCUT2D eigenvalue weighted by Crippen LogP contribution is 2.20. The number of amides is 1. The summed E-state index contributed by atoms with van der Waals surface area (Å²) < 4.78 is 1.40. The Labute approximate surface area is 99.2 Å². The Morgan fingerprint density at radius 2 is 2.47 bits per heavy atom. The summed E-state index contributed by atoms with van der Waals surface area (Å²) in [7, 11) is 0. The highest BCUT2D eigenvalue weighted by molar-refractivity contribution is 5.76. The van der Waals surface area contributed by atoms with Crippen LogP contribution in [0.2, 0.25) is 0 Å². The number of hydrogen-bond donors (Lipinski definition) is 2. The maximum atomic E-state index is 11.9. The van der Waals surface area contributed by atoms with Crippen molar-refractivity contribution in [2.45, 2.75) is 31.9 Å². The number of aliphatic hydroxyl groups is 1. The van der Waals surface area contributed by atoms with Crippen molar-refractivity contribution < 1.29 is 9.90 Å². The molecule has 1 atom stereocenters. The molecule has 17 heavy (non-hydrogen) atoms. The van der Waals surface area contributed by atoms with Gasteiger partial charge in [0.2, 0.25) is 11.9 Å². The number of anilines is 1. The summed E-state index contributed by atoms with van der Waals surface area (Å²) in [6, 6.07) is 0. The van der Waals surface area contributed by atoms with Gasteiger partial charge in [-0.2, -0.15) is 0 Å². The third-order valence-corrected chi connectivity index (χ3v) is 2.88. The highest BCUT2D eigenvalue weighted by Gasteiger charge is 2.30. The number of hydrogen-bond acceptors (Lipinski definition) is 5. The lowest BCUT2D eigenvalue weighted by molar-refractivity contribution is -0.138. The van der Waals surface area contributed by atoms with Gasteiger partial charge in [0.15, 0.2) is 0 Å². The zero-order chi connectivity index (χ0) is 12.5. The topological polar surface area (TPSA) is 97.3 Å². The third kappa shape index (κ3) is 2.94. The summed E-state index contributed by atoms with van der Waals surface area (Å²) in [6.45, 7) is 2.91. The third-order valence-electron chi connectivity index (χ3n) is 2.88. The molecule has 0 radical (unpaired) electrons. The quantitative estimate of drug-likeness (QED) is 0.706. The molecule has 1 aromatic rings. The van der Waals surface area contributed by atoms with E-state index >= 15 is 0 Å². The van der Waals surface area contributed by atoms with Crippen molar-refractivity contribution in [3.8, 4) is 0 Å². The molecule has 94 valence electrons. The molecule has 7 heteroatoms. The largest absolute Gasteiger partial charge is 0.388 e. The van der Waals surface area contributed by atoms with Crippen LogP contribution in [0.1, 0.15) is 19.8 Å². The Bertz CT molecular complexity index is 415. The summed E-state index contributed by atoms with van der Waals surface area (Å²) in [4.78, 5) is 17.4. The second-order valence-corrected chi connectivity index (χ2v) is 4.72. The number of rotatable bonds is 2. The van der Waals surface area contributed by atoms with Crippen LogP contribution in [0.25, 0.3) is 0 Å². The van der Waals surface area contributed by atoms with Gasteiger partial charge in [-0.1, -0.05) is 0 Å². The average molecular weight is 239 g/mol. The fraction of sp³-hybridized carbons (Fsp3) is 0.700. The predicted molar refractivity (Wildman–Crippen MR) is 60.9 cm³/mol. The smallest absolute Gasteiger partial charge is 0.244 e. The molecule has 1 amide bonds. The van der Waals surface area contributed by atoms with Crippen molar-refractivity contribution in [3.05, 3.63) is 6.33 Å². The van der Waals surface area contributed by atoms with Gasteiger partial charge in [0.05, 0.1) is 5.60 Å². The lowest BCUT2D eigenvalue weighted by Crippen LogP contribution is -2.49.